The van der Waals surface area contributed by atoms with Gasteiger partial charge in [-0.15, -0.1) is 0 Å². The summed E-state index contributed by atoms with van der Waals surface area (Å²) in [5.41, 5.74) is -1.78. The Kier molecular flexibility index (Phi) is 5.01. The lowest BCUT2D eigenvalue weighted by Crippen LogP contribution is -2.41. The summed E-state index contributed by atoms with van der Waals surface area (Å²) < 4.78 is 41.5. The number of hydrogen-bond acceptors (Lipinski definition) is 4. The summed E-state index contributed by atoms with van der Waals surface area (Å²) in [5.74, 6) is 0.737. The number of rotatable bonds is 3. The van der Waals surface area contributed by atoms with E-state index in [-0.39, 0.29) is 12.2 Å². The third kappa shape index (κ3) is 3.54. The molecule has 6 nitrogen and oxygen atoms in total. The van der Waals surface area contributed by atoms with E-state index in [4.69, 9.17) is 0 Å². The van der Waals surface area contributed by atoms with Crippen molar-refractivity contribution in [2.24, 2.45) is 0 Å². The fourth-order valence-electron chi connectivity index (χ4n) is 4.28. The summed E-state index contributed by atoms with van der Waals surface area (Å²) >= 11 is 0. The van der Waals surface area contributed by atoms with Crippen LogP contribution < -0.4 is 4.90 Å². The standard InChI is InChI=1S/C21H21F3N3O3/c22-21(23,24)16-7-5-8-17(13-16)25-14-20(28,26-11-3-1-2-10-19(25)26)15-6-4-9-18(12-15)27(29)30/h4-9,12-13,28H,1-3,10-11,14H2/q+1/t20-/m1/s1. The molecule has 0 fully saturated rings. The molecule has 2 aliphatic heterocycles. The van der Waals surface area contributed by atoms with Crippen molar-refractivity contribution in [1.82, 2.24) is 0 Å². The molecule has 1 N–H and O–H groups in total. The Balaban J connectivity index is 1.81. The van der Waals surface area contributed by atoms with Crippen LogP contribution in [0.3, 0.4) is 0 Å². The van der Waals surface area contributed by atoms with Gasteiger partial charge in [0.05, 0.1) is 17.0 Å². The number of aliphatic hydroxyl groups is 1. The average molecular weight is 420 g/mol. The van der Waals surface area contributed by atoms with Crippen molar-refractivity contribution in [1.29, 1.82) is 0 Å². The lowest BCUT2D eigenvalue weighted by molar-refractivity contribution is -0.658. The number of hydrogen-bond donors (Lipinski definition) is 1. The summed E-state index contributed by atoms with van der Waals surface area (Å²) in [6.45, 7) is 0.509. The third-order valence-corrected chi connectivity index (χ3v) is 5.73. The number of nitro benzene ring substituents is 1. The van der Waals surface area contributed by atoms with Crippen molar-refractivity contribution < 1.29 is 27.8 Å². The quantitative estimate of drug-likeness (QED) is 0.458. The van der Waals surface area contributed by atoms with Crippen LogP contribution in [0.4, 0.5) is 24.5 Å². The second-order valence-electron chi connectivity index (χ2n) is 7.64. The summed E-state index contributed by atoms with van der Waals surface area (Å²) in [7, 11) is 0. The number of non-ortho nitro benzene ring substituents is 1. The van der Waals surface area contributed by atoms with Gasteiger partial charge in [-0.1, -0.05) is 18.2 Å². The first-order chi connectivity index (χ1) is 14.2. The average Bonchev–Trinajstić information content (AvgIpc) is 2.86. The van der Waals surface area contributed by atoms with Gasteiger partial charge in [-0.25, -0.2) is 9.48 Å². The van der Waals surface area contributed by atoms with Crippen molar-refractivity contribution in [3.63, 3.8) is 0 Å². The summed E-state index contributed by atoms with van der Waals surface area (Å²) in [5, 5.41) is 22.9. The molecule has 2 aliphatic rings. The minimum Gasteiger partial charge on any atom is -0.346 e. The van der Waals surface area contributed by atoms with Gasteiger partial charge in [-0.3, -0.25) is 10.1 Å². The summed E-state index contributed by atoms with van der Waals surface area (Å²) in [4.78, 5) is 12.4. The first kappa shape index (κ1) is 20.3. The Labute approximate surface area is 171 Å². The predicted molar refractivity (Wildman–Crippen MR) is 104 cm³/mol. The normalized spacial score (nSPS) is 22.1. The highest BCUT2D eigenvalue weighted by atomic mass is 19.4. The van der Waals surface area contributed by atoms with Crippen LogP contribution in [-0.2, 0) is 11.9 Å². The van der Waals surface area contributed by atoms with Crippen LogP contribution in [0.25, 0.3) is 0 Å². The molecule has 9 heteroatoms. The molecule has 0 saturated carbocycles. The molecular weight excluding hydrogens is 399 g/mol. The predicted octanol–water partition coefficient (Wildman–Crippen LogP) is 4.26. The molecule has 30 heavy (non-hydrogen) atoms. The highest BCUT2D eigenvalue weighted by molar-refractivity contribution is 5.96. The first-order valence-corrected chi connectivity index (χ1v) is 9.76. The maximum Gasteiger partial charge on any atom is 0.416 e. The molecule has 2 aromatic rings. The maximum absolute atomic E-state index is 13.2. The maximum atomic E-state index is 13.2. The number of anilines is 1. The van der Waals surface area contributed by atoms with Gasteiger partial charge >= 0.3 is 6.18 Å². The summed E-state index contributed by atoms with van der Waals surface area (Å²) in [6.07, 6.45) is -1.27. The highest BCUT2D eigenvalue weighted by Crippen LogP contribution is 2.38. The minimum absolute atomic E-state index is 0.00912. The zero-order valence-corrected chi connectivity index (χ0v) is 16.1. The molecule has 2 heterocycles. The van der Waals surface area contributed by atoms with E-state index in [1.54, 1.807) is 21.6 Å². The van der Waals surface area contributed by atoms with Gasteiger partial charge in [0.15, 0.2) is 6.54 Å². The molecule has 2 aromatic carbocycles. The minimum atomic E-state index is -4.47. The van der Waals surface area contributed by atoms with E-state index in [0.717, 1.165) is 37.2 Å². The first-order valence-electron chi connectivity index (χ1n) is 9.76. The monoisotopic (exact) mass is 420 g/mol. The van der Waals surface area contributed by atoms with E-state index >= 15 is 0 Å². The van der Waals surface area contributed by atoms with Gasteiger partial charge < -0.3 is 5.11 Å². The van der Waals surface area contributed by atoms with Gasteiger partial charge in [0.1, 0.15) is 5.69 Å². The smallest absolute Gasteiger partial charge is 0.346 e. The zero-order valence-electron chi connectivity index (χ0n) is 16.1. The van der Waals surface area contributed by atoms with Crippen LogP contribution in [0.15, 0.2) is 48.5 Å². The molecule has 0 aromatic heterocycles. The van der Waals surface area contributed by atoms with Crippen molar-refractivity contribution in [3.05, 3.63) is 69.8 Å². The number of β-amino-alcohol motifs (C(OH)–C–C–N with tert-alkyl or cyclic N) is 1. The molecule has 4 rings (SSSR count). The molecule has 0 unspecified atom stereocenters. The van der Waals surface area contributed by atoms with E-state index in [2.05, 4.69) is 0 Å². The van der Waals surface area contributed by atoms with Crippen molar-refractivity contribution in [2.45, 2.75) is 37.6 Å². The molecule has 0 spiro atoms. The number of amidine groups is 1. The van der Waals surface area contributed by atoms with Crippen LogP contribution in [-0.4, -0.2) is 33.5 Å². The second-order valence-corrected chi connectivity index (χ2v) is 7.64. The number of benzene rings is 2. The Hall–Kier alpha value is -2.94. The van der Waals surface area contributed by atoms with Gasteiger partial charge in [-0.2, -0.15) is 13.2 Å². The van der Waals surface area contributed by atoms with Crippen LogP contribution >= 0.6 is 0 Å². The van der Waals surface area contributed by atoms with Crippen LogP contribution in [0, 0.1) is 10.1 Å². The number of nitrogens with zero attached hydrogens (tertiary/aromatic N) is 3. The molecular formula is C21H21F3N3O3+. The van der Waals surface area contributed by atoms with Gasteiger partial charge in [0.2, 0.25) is 0 Å². The molecule has 0 bridgehead atoms. The van der Waals surface area contributed by atoms with Crippen molar-refractivity contribution >= 4 is 17.2 Å². The Morgan fingerprint density at radius 3 is 2.60 bits per heavy atom. The van der Waals surface area contributed by atoms with E-state index in [1.165, 1.54) is 24.3 Å². The lowest BCUT2D eigenvalue weighted by atomic mass is 10.0. The van der Waals surface area contributed by atoms with Gasteiger partial charge in [0, 0.05) is 24.1 Å². The van der Waals surface area contributed by atoms with Crippen molar-refractivity contribution in [3.8, 4) is 0 Å². The summed E-state index contributed by atoms with van der Waals surface area (Å²) in [6, 6.07) is 10.8. The molecule has 0 aliphatic carbocycles. The topological polar surface area (TPSA) is 69.6 Å². The van der Waals surface area contributed by atoms with Crippen LogP contribution in [0.2, 0.25) is 0 Å². The molecule has 158 valence electrons. The molecule has 1 atom stereocenters. The fraction of sp³-hybridized carbons (Fsp3) is 0.381. The van der Waals surface area contributed by atoms with E-state index in [9.17, 15) is 28.4 Å². The number of alkyl halides is 3. The second kappa shape index (κ2) is 7.39. The SMILES string of the molecule is O=[N+]([O-])c1cccc([C@]2(O)CN(c3cccc(C(F)(F)F)c3)C3=[N+]2CCCCC3)c1. The van der Waals surface area contributed by atoms with E-state index in [1.807, 2.05) is 0 Å². The largest absolute Gasteiger partial charge is 0.416 e. The van der Waals surface area contributed by atoms with E-state index < -0.39 is 22.4 Å². The lowest BCUT2D eigenvalue weighted by Gasteiger charge is -2.23. The van der Waals surface area contributed by atoms with E-state index in [0.29, 0.717) is 24.2 Å². The molecule has 0 amide bonds. The fourth-order valence-corrected chi connectivity index (χ4v) is 4.28. The van der Waals surface area contributed by atoms with Crippen LogP contribution in [0.1, 0.15) is 36.8 Å². The number of nitro groups is 1. The molecule has 0 saturated heterocycles. The Bertz CT molecular complexity index is 1020. The van der Waals surface area contributed by atoms with Crippen molar-refractivity contribution in [2.75, 3.05) is 18.0 Å². The highest BCUT2D eigenvalue weighted by Gasteiger charge is 2.52. The zero-order chi connectivity index (χ0) is 21.5. The Morgan fingerprint density at radius 2 is 1.87 bits per heavy atom. The van der Waals surface area contributed by atoms with Gasteiger partial charge in [0.25, 0.3) is 17.2 Å². The number of halogens is 3. The van der Waals surface area contributed by atoms with Gasteiger partial charge in [-0.05, 0) is 37.5 Å². The third-order valence-electron chi connectivity index (χ3n) is 5.73. The molecule has 0 radical (unpaired) electrons. The Morgan fingerprint density at radius 1 is 1.10 bits per heavy atom. The van der Waals surface area contributed by atoms with Crippen LogP contribution in [0.5, 0.6) is 0 Å².